The average molecular weight is 365 g/mol. The lowest BCUT2D eigenvalue weighted by Crippen LogP contribution is -2.23. The summed E-state index contributed by atoms with van der Waals surface area (Å²) >= 11 is 0. The number of nitrogens with zero attached hydrogens (tertiary/aromatic N) is 1. The molecule has 1 aliphatic heterocycles. The number of fused-ring (bicyclic) bond motifs is 3. The van der Waals surface area contributed by atoms with Gasteiger partial charge in [0.05, 0.1) is 11.8 Å². The number of ether oxygens (including phenoxy) is 1. The molecule has 3 heterocycles. The standard InChI is InChI=1S/C20H15NO6/c1-9-6-13(23)26-19-15(9)18(25)16(10(2)22)20-17(19)12(7-14(24)27-20)11-4-3-5-21-8-11/h3-6,8,12,25H,7H2,1-2H3/t12-/m1/s1. The number of esters is 1. The Morgan fingerprint density at radius 1 is 1.33 bits per heavy atom. The molecule has 0 spiro atoms. The smallest absolute Gasteiger partial charge is 0.336 e. The highest BCUT2D eigenvalue weighted by molar-refractivity contribution is 6.08. The molecular formula is C20H15NO6. The highest BCUT2D eigenvalue weighted by Gasteiger charge is 2.37. The van der Waals surface area contributed by atoms with Gasteiger partial charge in [0.25, 0.3) is 0 Å². The third kappa shape index (κ3) is 2.59. The van der Waals surface area contributed by atoms with Crippen molar-refractivity contribution in [3.05, 3.63) is 63.3 Å². The van der Waals surface area contributed by atoms with E-state index in [1.54, 1.807) is 31.5 Å². The van der Waals surface area contributed by atoms with Crippen LogP contribution in [0.4, 0.5) is 0 Å². The van der Waals surface area contributed by atoms with E-state index in [-0.39, 0.29) is 34.5 Å². The number of ketones is 1. The van der Waals surface area contributed by atoms with Crippen LogP contribution in [-0.2, 0) is 4.79 Å². The number of aryl methyl sites for hydroxylation is 1. The molecule has 136 valence electrons. The van der Waals surface area contributed by atoms with Gasteiger partial charge in [-0.25, -0.2) is 4.79 Å². The van der Waals surface area contributed by atoms with Crippen molar-refractivity contribution >= 4 is 22.7 Å². The summed E-state index contributed by atoms with van der Waals surface area (Å²) < 4.78 is 10.7. The maximum absolute atomic E-state index is 12.3. The number of hydrogen-bond acceptors (Lipinski definition) is 7. The number of carbonyl (C=O) groups is 2. The van der Waals surface area contributed by atoms with Crippen LogP contribution < -0.4 is 10.4 Å². The van der Waals surface area contributed by atoms with Crippen LogP contribution in [0.3, 0.4) is 0 Å². The van der Waals surface area contributed by atoms with Crippen molar-refractivity contribution in [3.63, 3.8) is 0 Å². The van der Waals surface area contributed by atoms with Crippen LogP contribution in [0.15, 0.2) is 39.8 Å². The largest absolute Gasteiger partial charge is 0.506 e. The van der Waals surface area contributed by atoms with Gasteiger partial charge in [-0.3, -0.25) is 14.6 Å². The van der Waals surface area contributed by atoms with Gasteiger partial charge >= 0.3 is 11.6 Å². The van der Waals surface area contributed by atoms with Crippen molar-refractivity contribution in [1.82, 2.24) is 4.98 Å². The van der Waals surface area contributed by atoms with E-state index >= 15 is 0 Å². The van der Waals surface area contributed by atoms with Crippen LogP contribution in [0.5, 0.6) is 11.5 Å². The first-order chi connectivity index (χ1) is 12.9. The zero-order valence-electron chi connectivity index (χ0n) is 14.6. The Balaban J connectivity index is 2.20. The van der Waals surface area contributed by atoms with Crippen molar-refractivity contribution in [2.24, 2.45) is 0 Å². The van der Waals surface area contributed by atoms with Crippen LogP contribution in [-0.4, -0.2) is 21.8 Å². The fourth-order valence-electron chi connectivity index (χ4n) is 3.60. The molecule has 1 aliphatic rings. The first-order valence-corrected chi connectivity index (χ1v) is 8.33. The molecule has 0 amide bonds. The summed E-state index contributed by atoms with van der Waals surface area (Å²) in [5.74, 6) is -1.96. The lowest BCUT2D eigenvalue weighted by molar-refractivity contribution is -0.135. The number of aromatic nitrogens is 1. The molecule has 1 N–H and O–H groups in total. The predicted octanol–water partition coefficient (Wildman–Crippen LogP) is 2.85. The number of aromatic hydroxyl groups is 1. The first-order valence-electron chi connectivity index (χ1n) is 8.33. The number of Topliss-reactive ketones (excluding diaryl/α,β-unsaturated/α-hetero) is 1. The normalized spacial score (nSPS) is 16.1. The number of benzene rings is 1. The van der Waals surface area contributed by atoms with E-state index in [1.165, 1.54) is 13.0 Å². The number of phenolic OH excluding ortho intramolecular Hbond substituents is 1. The highest BCUT2D eigenvalue weighted by atomic mass is 16.5. The molecule has 0 saturated carbocycles. The summed E-state index contributed by atoms with van der Waals surface area (Å²) in [6.45, 7) is 2.92. The molecule has 2 aromatic heterocycles. The Hall–Kier alpha value is -3.48. The van der Waals surface area contributed by atoms with Gasteiger partial charge in [0.1, 0.15) is 16.9 Å². The molecule has 0 fully saturated rings. The van der Waals surface area contributed by atoms with E-state index in [0.717, 1.165) is 0 Å². The van der Waals surface area contributed by atoms with E-state index in [9.17, 15) is 19.5 Å². The Morgan fingerprint density at radius 2 is 2.11 bits per heavy atom. The van der Waals surface area contributed by atoms with Crippen molar-refractivity contribution in [2.75, 3.05) is 0 Å². The van der Waals surface area contributed by atoms with Gasteiger partial charge in [-0.2, -0.15) is 0 Å². The Kier molecular flexibility index (Phi) is 3.80. The molecule has 1 aromatic carbocycles. The number of rotatable bonds is 2. The van der Waals surface area contributed by atoms with Crippen LogP contribution in [0.1, 0.15) is 46.3 Å². The molecule has 0 unspecified atom stereocenters. The second-order valence-electron chi connectivity index (χ2n) is 6.49. The van der Waals surface area contributed by atoms with Gasteiger partial charge in [-0.15, -0.1) is 0 Å². The number of phenols is 1. The monoisotopic (exact) mass is 365 g/mol. The molecule has 0 radical (unpaired) electrons. The number of carbonyl (C=O) groups excluding carboxylic acids is 2. The third-order valence-corrected chi connectivity index (χ3v) is 4.72. The minimum Gasteiger partial charge on any atom is -0.506 e. The molecule has 1 atom stereocenters. The van der Waals surface area contributed by atoms with Crippen molar-refractivity contribution in [2.45, 2.75) is 26.2 Å². The SMILES string of the molecule is CC(=O)c1c2c(c3oc(=O)cc(C)c3c1O)[C@@H](c1cccnc1)CC(=O)O2. The van der Waals surface area contributed by atoms with Crippen LogP contribution in [0, 0.1) is 6.92 Å². The quantitative estimate of drug-likeness (QED) is 0.322. The predicted molar refractivity (Wildman–Crippen MR) is 95.2 cm³/mol. The van der Waals surface area contributed by atoms with Crippen molar-refractivity contribution < 1.29 is 23.8 Å². The number of pyridine rings is 1. The van der Waals surface area contributed by atoms with E-state index in [1.807, 2.05) is 0 Å². The van der Waals surface area contributed by atoms with E-state index in [4.69, 9.17) is 9.15 Å². The van der Waals surface area contributed by atoms with Crippen LogP contribution in [0.2, 0.25) is 0 Å². The van der Waals surface area contributed by atoms with Crippen LogP contribution in [0.25, 0.3) is 11.0 Å². The Bertz CT molecular complexity index is 1160. The Morgan fingerprint density at radius 3 is 2.78 bits per heavy atom. The molecule has 0 bridgehead atoms. The first kappa shape index (κ1) is 17.0. The summed E-state index contributed by atoms with van der Waals surface area (Å²) in [6.07, 6.45) is 3.20. The zero-order valence-corrected chi connectivity index (χ0v) is 14.6. The molecule has 27 heavy (non-hydrogen) atoms. The molecular weight excluding hydrogens is 350 g/mol. The second-order valence-corrected chi connectivity index (χ2v) is 6.49. The topological polar surface area (TPSA) is 107 Å². The van der Waals surface area contributed by atoms with Gasteiger partial charge in [-0.1, -0.05) is 6.07 Å². The summed E-state index contributed by atoms with van der Waals surface area (Å²) in [7, 11) is 0. The minimum atomic E-state index is -0.598. The van der Waals surface area contributed by atoms with Crippen LogP contribution >= 0.6 is 0 Å². The maximum atomic E-state index is 12.3. The molecule has 3 aromatic rings. The summed E-state index contributed by atoms with van der Waals surface area (Å²) in [4.78, 5) is 40.6. The highest BCUT2D eigenvalue weighted by Crippen LogP contribution is 2.49. The average Bonchev–Trinajstić information content (AvgIpc) is 2.60. The minimum absolute atomic E-state index is 0.00638. The zero-order chi connectivity index (χ0) is 19.3. The van der Waals surface area contributed by atoms with E-state index in [0.29, 0.717) is 16.7 Å². The van der Waals surface area contributed by atoms with Gasteiger partial charge in [-0.05, 0) is 31.0 Å². The van der Waals surface area contributed by atoms with E-state index in [2.05, 4.69) is 4.98 Å². The van der Waals surface area contributed by atoms with Gasteiger partial charge < -0.3 is 14.3 Å². The van der Waals surface area contributed by atoms with Gasteiger partial charge in [0.2, 0.25) is 0 Å². The van der Waals surface area contributed by atoms with Gasteiger partial charge in [0.15, 0.2) is 11.5 Å². The fraction of sp³-hybridized carbons (Fsp3) is 0.200. The third-order valence-electron chi connectivity index (χ3n) is 4.72. The fourth-order valence-corrected chi connectivity index (χ4v) is 3.60. The lowest BCUT2D eigenvalue weighted by atomic mass is 9.83. The number of hydrogen-bond donors (Lipinski definition) is 1. The van der Waals surface area contributed by atoms with Crippen molar-refractivity contribution in [1.29, 1.82) is 0 Å². The van der Waals surface area contributed by atoms with Gasteiger partial charge in [0, 0.05) is 29.9 Å². The molecule has 4 rings (SSSR count). The van der Waals surface area contributed by atoms with Crippen molar-refractivity contribution in [3.8, 4) is 11.5 Å². The summed E-state index contributed by atoms with van der Waals surface area (Å²) in [5.41, 5.74) is 0.975. The molecule has 0 aliphatic carbocycles. The van der Waals surface area contributed by atoms with E-state index < -0.39 is 23.3 Å². The lowest BCUT2D eigenvalue weighted by Gasteiger charge is -2.27. The molecule has 0 saturated heterocycles. The summed E-state index contributed by atoms with van der Waals surface area (Å²) in [6, 6.07) is 4.76. The second kappa shape index (κ2) is 6.05. The maximum Gasteiger partial charge on any atom is 0.336 e. The summed E-state index contributed by atoms with van der Waals surface area (Å²) in [5, 5.41) is 11.0. The Labute approximate surface area is 153 Å². The molecule has 7 heteroatoms. The molecule has 7 nitrogen and oxygen atoms in total.